The van der Waals surface area contributed by atoms with Crippen molar-refractivity contribution in [3.05, 3.63) is 0 Å². The van der Waals surface area contributed by atoms with E-state index < -0.39 is 31.5 Å². The maximum atomic E-state index is 6.38. The molecule has 5 rings (SSSR count). The largest absolute Gasteiger partial charge is 0.117 e. The van der Waals surface area contributed by atoms with Crippen LogP contribution in [0.4, 0.5) is 0 Å². The molecule has 5 aliphatic heterocycles. The summed E-state index contributed by atoms with van der Waals surface area (Å²) < 4.78 is 0. The molecule has 0 aromatic heterocycles. The molecular weight excluding hydrogens is 796 g/mol. The molecule has 50 heavy (non-hydrogen) atoms. The van der Waals surface area contributed by atoms with Crippen LogP contribution in [0.15, 0.2) is 0 Å². The van der Waals surface area contributed by atoms with Crippen LogP contribution >= 0.6 is 68.2 Å². The molecule has 8 atom stereocenters. The number of hydrogen-bond donors (Lipinski definition) is 3. The minimum absolute atomic E-state index is 0.350. The average molecular weight is 880 g/mol. The Kier molecular flexibility index (Phi) is 16.1. The first-order chi connectivity index (χ1) is 22.3. The lowest BCUT2D eigenvalue weighted by atomic mass is 10.1. The fourth-order valence-electron chi connectivity index (χ4n) is 10.4. The van der Waals surface area contributed by atoms with Gasteiger partial charge in [-0.15, -0.1) is 0 Å². The van der Waals surface area contributed by atoms with Crippen LogP contribution in [0.2, 0.25) is 0 Å². The van der Waals surface area contributed by atoms with Crippen molar-refractivity contribution in [2.24, 2.45) is 0 Å². The Morgan fingerprint density at radius 1 is 0.440 bits per heavy atom. The smallest absolute Gasteiger partial charge is 0.0969 e. The van der Waals surface area contributed by atoms with Crippen molar-refractivity contribution in [1.82, 2.24) is 0 Å². The predicted molar refractivity (Wildman–Crippen MR) is 266 cm³/mol. The SMILES string of the molecule is CC(C)(C)P1(=S)CCCC1.CC(C)(C)[P+]1(S)CCC[C@@H]1[C@H]1CCC[P+]1(S)C(C)(C)C.CC(C)(C)[P@]1(=S)CCC[C@H]1[C@H]1CCC[P+]1(S)C(C)(C)C. The zero-order chi connectivity index (χ0) is 38.6. The second kappa shape index (κ2) is 16.7. The van der Waals surface area contributed by atoms with Gasteiger partial charge in [0.2, 0.25) is 0 Å². The number of rotatable bonds is 2. The molecule has 0 N–H and O–H groups in total. The van der Waals surface area contributed by atoms with E-state index in [2.05, 4.69) is 104 Å². The highest BCUT2D eigenvalue weighted by atomic mass is 32.7. The van der Waals surface area contributed by atoms with Crippen molar-refractivity contribution in [3.8, 4) is 0 Å². The van der Waals surface area contributed by atoms with E-state index in [4.69, 9.17) is 60.4 Å². The Bertz CT molecular complexity index is 1200. The number of hydrogen-bond acceptors (Lipinski definition) is 5. The third-order valence-corrected chi connectivity index (χ3v) is 54.8. The lowest BCUT2D eigenvalue weighted by Crippen LogP contribution is -2.35. The Balaban J connectivity index is 0.000000214. The molecule has 0 radical (unpaired) electrons. The lowest BCUT2D eigenvalue weighted by molar-refractivity contribution is 0.669. The average Bonchev–Trinajstić information content (AvgIpc) is 3.75. The Morgan fingerprint density at radius 3 is 1.08 bits per heavy atom. The van der Waals surface area contributed by atoms with Crippen molar-refractivity contribution < 1.29 is 0 Å². The summed E-state index contributed by atoms with van der Waals surface area (Å²) in [5.74, 6) is 0. The molecule has 0 nitrogen and oxygen atoms in total. The van der Waals surface area contributed by atoms with Gasteiger partial charge in [-0.2, -0.15) is 0 Å². The quantitative estimate of drug-likeness (QED) is 0.187. The molecule has 0 saturated carbocycles. The van der Waals surface area contributed by atoms with E-state index in [1.165, 1.54) is 101 Å². The minimum Gasteiger partial charge on any atom is -0.0969 e. The van der Waals surface area contributed by atoms with E-state index in [1.807, 2.05) is 0 Å². The van der Waals surface area contributed by atoms with Crippen LogP contribution in [0.3, 0.4) is 0 Å². The first kappa shape index (κ1) is 48.0. The molecule has 296 valence electrons. The zero-order valence-corrected chi connectivity index (χ0v) is 44.3. The maximum absolute atomic E-state index is 6.38. The highest BCUT2D eigenvalue weighted by Crippen LogP contribution is 2.89. The van der Waals surface area contributed by atoms with Crippen LogP contribution in [0.1, 0.15) is 168 Å². The Morgan fingerprint density at radius 2 is 0.780 bits per heavy atom. The third kappa shape index (κ3) is 9.57. The molecule has 0 aromatic rings. The summed E-state index contributed by atoms with van der Waals surface area (Å²) in [4.78, 5) is 0. The van der Waals surface area contributed by atoms with Gasteiger partial charge in [-0.05, 0) is 167 Å². The maximum Gasteiger partial charge on any atom is 0.117 e. The van der Waals surface area contributed by atoms with Crippen LogP contribution in [-0.4, -0.2) is 85.4 Å². The van der Waals surface area contributed by atoms with E-state index in [-0.39, 0.29) is 0 Å². The van der Waals surface area contributed by atoms with Gasteiger partial charge >= 0.3 is 0 Å². The van der Waals surface area contributed by atoms with E-state index >= 15 is 0 Å². The topological polar surface area (TPSA) is 0 Å². The molecule has 5 fully saturated rings. The van der Waals surface area contributed by atoms with Crippen molar-refractivity contribution in [3.63, 3.8) is 0 Å². The molecule has 0 aliphatic carbocycles. The van der Waals surface area contributed by atoms with Crippen LogP contribution in [0, 0.1) is 0 Å². The second-order valence-electron chi connectivity index (χ2n) is 21.9. The van der Waals surface area contributed by atoms with Gasteiger partial charge in [0.1, 0.15) is 11.3 Å². The summed E-state index contributed by atoms with van der Waals surface area (Å²) in [7, 11) is 0. The first-order valence-corrected chi connectivity index (χ1v) is 36.1. The van der Waals surface area contributed by atoms with Crippen molar-refractivity contribution in [2.75, 3.05) is 37.0 Å². The molecule has 3 unspecified atom stereocenters. The molecule has 5 saturated heterocycles. The van der Waals surface area contributed by atoms with Gasteiger partial charge in [-0.1, -0.05) is 65.2 Å². The molecule has 0 aromatic carbocycles. The predicted octanol–water partition coefficient (Wildman–Crippen LogP) is 15.9. The lowest BCUT2D eigenvalue weighted by Gasteiger charge is -2.44. The van der Waals surface area contributed by atoms with Gasteiger partial charge in [-0.3, -0.25) is 0 Å². The highest BCUT2D eigenvalue weighted by Gasteiger charge is 2.68. The van der Waals surface area contributed by atoms with E-state index in [0.29, 0.717) is 25.8 Å². The highest BCUT2D eigenvalue weighted by molar-refractivity contribution is 8.55. The molecule has 5 aliphatic rings. The van der Waals surface area contributed by atoms with Crippen molar-refractivity contribution >= 4 is 91.8 Å². The Labute approximate surface area is 342 Å². The zero-order valence-electron chi connectivity index (χ0n) is 35.5. The van der Waals surface area contributed by atoms with Crippen molar-refractivity contribution in [2.45, 2.75) is 216 Å². The monoisotopic (exact) mass is 879 g/mol. The molecule has 0 bridgehead atoms. The van der Waals surface area contributed by atoms with E-state index in [9.17, 15) is 0 Å². The molecular formula is C40H84P5S5+3. The van der Waals surface area contributed by atoms with E-state index in [1.54, 1.807) is 0 Å². The van der Waals surface area contributed by atoms with Gasteiger partial charge in [0.05, 0.1) is 59.0 Å². The normalized spacial score (nSPS) is 39.6. The standard InChI is InChI=1S/C16H34P2S2.C16H33P2S2.C8H17PS/c2*1-15(2,3)17(19)11-7-9-13(17)14-10-8-12-18(14,20)16(4,5)6;1-8(2,3)9(10)6-4-5-7-9/h13-14,19-20H,7-12H2,1-6H3;13-14,19H,7-12H2,1-6H3;4-7H2,1-3H3/q+2;+1;/t13-,14-,17?,18?;13-,14+,17?,18+;/m11./s1. The first-order valence-electron chi connectivity index (χ1n) is 20.3. The summed E-state index contributed by atoms with van der Waals surface area (Å²) >= 11 is 28.3. The summed E-state index contributed by atoms with van der Waals surface area (Å²) in [6, 6.07) is -2.17. The van der Waals surface area contributed by atoms with Crippen LogP contribution in [0.25, 0.3) is 0 Å². The van der Waals surface area contributed by atoms with Crippen LogP contribution in [0.5, 0.6) is 0 Å². The second-order valence-corrected chi connectivity index (χ2v) is 52.8. The molecule has 5 heterocycles. The van der Waals surface area contributed by atoms with Gasteiger partial charge in [0, 0.05) is 42.4 Å². The summed E-state index contributed by atoms with van der Waals surface area (Å²) in [6.07, 6.45) is 22.3. The molecule has 0 spiro atoms. The van der Waals surface area contributed by atoms with Crippen molar-refractivity contribution in [1.29, 1.82) is 0 Å². The fourth-order valence-corrected chi connectivity index (χ4v) is 39.0. The number of thiol groups is 3. The summed E-state index contributed by atoms with van der Waals surface area (Å²) in [6.45, 7) is 32.7. The van der Waals surface area contributed by atoms with Crippen LogP contribution in [-0.2, 0) is 23.6 Å². The minimum atomic E-state index is -1.25. The molecule has 0 amide bonds. The van der Waals surface area contributed by atoms with Crippen LogP contribution < -0.4 is 0 Å². The van der Waals surface area contributed by atoms with Gasteiger partial charge < -0.3 is 0 Å². The van der Waals surface area contributed by atoms with Gasteiger partial charge in [0.15, 0.2) is 0 Å². The van der Waals surface area contributed by atoms with Gasteiger partial charge in [0.25, 0.3) is 0 Å². The summed E-state index contributed by atoms with van der Waals surface area (Å²) in [5, 5.41) is 1.98. The van der Waals surface area contributed by atoms with E-state index in [0.717, 1.165) is 22.6 Å². The fraction of sp³-hybridized carbons (Fsp3) is 1.00. The molecule has 10 heteroatoms. The summed E-state index contributed by atoms with van der Waals surface area (Å²) in [5.41, 5.74) is 3.47. The Hall–Kier alpha value is 3.64. The third-order valence-electron chi connectivity index (χ3n) is 14.2. The van der Waals surface area contributed by atoms with Gasteiger partial charge in [-0.25, -0.2) is 0 Å².